The molecule has 2 unspecified atom stereocenters. The Morgan fingerprint density at radius 2 is 1.84 bits per heavy atom. The molecule has 0 aliphatic carbocycles. The lowest BCUT2D eigenvalue weighted by molar-refractivity contribution is -0.527. The molecule has 0 spiro atoms. The molecule has 166 valence electrons. The smallest absolute Gasteiger partial charge is 0.237 e. The van der Waals surface area contributed by atoms with E-state index < -0.39 is 12.1 Å². The van der Waals surface area contributed by atoms with Crippen molar-refractivity contribution in [2.24, 2.45) is 0 Å². The highest BCUT2D eigenvalue weighted by molar-refractivity contribution is 6.05. The Labute approximate surface area is 185 Å². The molecule has 2 heterocycles. The van der Waals surface area contributed by atoms with Crippen LogP contribution >= 0.6 is 0 Å². The summed E-state index contributed by atoms with van der Waals surface area (Å²) in [4.78, 5) is 13.9. The van der Waals surface area contributed by atoms with E-state index in [1.54, 1.807) is 14.2 Å². The lowest BCUT2D eigenvalue weighted by Gasteiger charge is -2.40. The average Bonchev–Trinajstić information content (AvgIpc) is 3.25. The van der Waals surface area contributed by atoms with Crippen molar-refractivity contribution in [1.29, 1.82) is 0 Å². The summed E-state index contributed by atoms with van der Waals surface area (Å²) in [6.07, 6.45) is 0.369. The molecule has 0 amide bonds. The minimum atomic E-state index is -0.836. The molecule has 32 heavy (non-hydrogen) atoms. The average molecular weight is 436 g/mol. The highest BCUT2D eigenvalue weighted by Crippen LogP contribution is 2.54. The summed E-state index contributed by atoms with van der Waals surface area (Å²) in [7, 11) is 5.04. The van der Waals surface area contributed by atoms with Crippen molar-refractivity contribution in [2.75, 3.05) is 33.0 Å². The number of nitrogens with zero attached hydrogens (tertiary/aromatic N) is 2. The van der Waals surface area contributed by atoms with E-state index in [1.165, 1.54) is 0 Å². The first-order chi connectivity index (χ1) is 15.5. The van der Waals surface area contributed by atoms with Crippen molar-refractivity contribution < 1.29 is 23.9 Å². The third kappa shape index (κ3) is 2.75. The predicted octanol–water partition coefficient (Wildman–Crippen LogP) is 4.80. The fourth-order valence-corrected chi connectivity index (χ4v) is 5.05. The van der Waals surface area contributed by atoms with Gasteiger partial charge in [-0.1, -0.05) is 19.1 Å². The van der Waals surface area contributed by atoms with E-state index in [9.17, 15) is 10.1 Å². The zero-order valence-electron chi connectivity index (χ0n) is 18.4. The first-order valence-electron chi connectivity index (χ1n) is 10.5. The van der Waals surface area contributed by atoms with Crippen LogP contribution in [0.5, 0.6) is 23.0 Å². The van der Waals surface area contributed by atoms with E-state index in [1.807, 2.05) is 55.3 Å². The normalized spacial score (nSPS) is 17.0. The van der Waals surface area contributed by atoms with Crippen LogP contribution in [0.4, 0.5) is 5.69 Å². The van der Waals surface area contributed by atoms with Crippen molar-refractivity contribution in [3.8, 4) is 34.1 Å². The van der Waals surface area contributed by atoms with Crippen molar-refractivity contribution in [3.63, 3.8) is 0 Å². The molecule has 0 aromatic heterocycles. The number of anilines is 1. The monoisotopic (exact) mass is 436 g/mol. The summed E-state index contributed by atoms with van der Waals surface area (Å²) in [6.45, 7) is 2.02. The van der Waals surface area contributed by atoms with Crippen LogP contribution < -0.4 is 23.8 Å². The van der Waals surface area contributed by atoms with Gasteiger partial charge in [0.1, 0.15) is 6.04 Å². The summed E-state index contributed by atoms with van der Waals surface area (Å²) >= 11 is 0. The third-order valence-corrected chi connectivity index (χ3v) is 6.48. The maximum atomic E-state index is 12.1. The van der Waals surface area contributed by atoms with Gasteiger partial charge in [0, 0.05) is 34.9 Å². The number of likely N-dealkylation sites (N-methyl/N-ethyl adjacent to an activating group) is 1. The van der Waals surface area contributed by atoms with Crippen LogP contribution in [0.3, 0.4) is 0 Å². The Bertz CT molecular complexity index is 1240. The summed E-state index contributed by atoms with van der Waals surface area (Å²) in [6, 6.07) is 10.4. The largest absolute Gasteiger partial charge is 0.493 e. The molecule has 3 aromatic carbocycles. The molecule has 8 nitrogen and oxygen atoms in total. The van der Waals surface area contributed by atoms with Gasteiger partial charge in [-0.05, 0) is 35.2 Å². The van der Waals surface area contributed by atoms with Gasteiger partial charge in [0.05, 0.1) is 19.9 Å². The Balaban J connectivity index is 1.86. The second-order valence-corrected chi connectivity index (χ2v) is 7.97. The Kier molecular flexibility index (Phi) is 4.73. The standard InChI is InChI=1S/C24H24N2O6/c1-5-17(26(27)28)23-21-14(8-9-18(29-3)24(21)30-4)15-7-6-13-10-19-20(32-12-31-19)11-16(13)22(15)25(23)2/h6-11,17,23H,5,12H2,1-4H3. The van der Waals surface area contributed by atoms with Crippen LogP contribution in [0.15, 0.2) is 36.4 Å². The Morgan fingerprint density at radius 3 is 2.50 bits per heavy atom. The number of fused-ring (bicyclic) bond motifs is 6. The summed E-state index contributed by atoms with van der Waals surface area (Å²) < 4.78 is 22.4. The van der Waals surface area contributed by atoms with Gasteiger partial charge in [-0.2, -0.15) is 0 Å². The fraction of sp³-hybridized carbons (Fsp3) is 0.333. The molecule has 0 N–H and O–H groups in total. The minimum Gasteiger partial charge on any atom is -0.493 e. The number of nitro groups is 1. The van der Waals surface area contributed by atoms with E-state index in [-0.39, 0.29) is 11.7 Å². The van der Waals surface area contributed by atoms with Gasteiger partial charge in [-0.3, -0.25) is 10.1 Å². The zero-order valence-corrected chi connectivity index (χ0v) is 18.4. The number of ether oxygens (including phenoxy) is 4. The van der Waals surface area contributed by atoms with Crippen molar-refractivity contribution in [1.82, 2.24) is 0 Å². The lowest BCUT2D eigenvalue weighted by atomic mass is 9.82. The van der Waals surface area contributed by atoms with Gasteiger partial charge < -0.3 is 23.8 Å². The van der Waals surface area contributed by atoms with E-state index in [4.69, 9.17) is 18.9 Å². The minimum absolute atomic E-state index is 0.186. The highest BCUT2D eigenvalue weighted by Gasteiger charge is 2.43. The van der Waals surface area contributed by atoms with Gasteiger partial charge in [-0.15, -0.1) is 0 Å². The molecule has 8 heteroatoms. The first kappa shape index (κ1) is 20.2. The van der Waals surface area contributed by atoms with Crippen LogP contribution in [0.1, 0.15) is 24.9 Å². The Morgan fingerprint density at radius 1 is 1.12 bits per heavy atom. The fourth-order valence-electron chi connectivity index (χ4n) is 5.05. The second-order valence-electron chi connectivity index (χ2n) is 7.97. The number of methoxy groups -OCH3 is 2. The first-order valence-corrected chi connectivity index (χ1v) is 10.5. The summed E-state index contributed by atoms with van der Waals surface area (Å²) in [5, 5.41) is 14.1. The lowest BCUT2D eigenvalue weighted by Crippen LogP contribution is -2.40. The Hall–Kier alpha value is -3.68. The quantitative estimate of drug-likeness (QED) is 0.420. The zero-order chi connectivity index (χ0) is 22.6. The molecule has 2 atom stereocenters. The number of rotatable bonds is 5. The topological polar surface area (TPSA) is 83.3 Å². The molecule has 5 rings (SSSR count). The van der Waals surface area contributed by atoms with Crippen molar-refractivity contribution in [3.05, 3.63) is 52.1 Å². The van der Waals surface area contributed by atoms with Crippen LogP contribution in [0, 0.1) is 10.1 Å². The molecular formula is C24H24N2O6. The molecule has 2 aliphatic heterocycles. The van der Waals surface area contributed by atoms with E-state index in [0.29, 0.717) is 29.4 Å². The molecule has 0 saturated heterocycles. The molecule has 3 aromatic rings. The van der Waals surface area contributed by atoms with Gasteiger partial charge in [0.2, 0.25) is 12.8 Å². The van der Waals surface area contributed by atoms with Gasteiger partial charge >= 0.3 is 0 Å². The van der Waals surface area contributed by atoms with Gasteiger partial charge in [0.15, 0.2) is 23.0 Å². The molecule has 0 bridgehead atoms. The molecule has 2 aliphatic rings. The third-order valence-electron chi connectivity index (χ3n) is 6.48. The van der Waals surface area contributed by atoms with Gasteiger partial charge in [0.25, 0.3) is 0 Å². The maximum Gasteiger partial charge on any atom is 0.237 e. The second kappa shape index (κ2) is 7.47. The van der Waals surface area contributed by atoms with Crippen LogP contribution in [-0.4, -0.2) is 39.0 Å². The predicted molar refractivity (Wildman–Crippen MR) is 121 cm³/mol. The van der Waals surface area contributed by atoms with Crippen LogP contribution in [0.2, 0.25) is 0 Å². The molecular weight excluding hydrogens is 412 g/mol. The van der Waals surface area contributed by atoms with Gasteiger partial charge in [-0.25, -0.2) is 0 Å². The van der Waals surface area contributed by atoms with E-state index in [2.05, 4.69) is 0 Å². The van der Waals surface area contributed by atoms with Crippen LogP contribution in [0.25, 0.3) is 21.9 Å². The maximum absolute atomic E-state index is 12.1. The summed E-state index contributed by atoms with van der Waals surface area (Å²) in [5.41, 5.74) is 3.57. The van der Waals surface area contributed by atoms with E-state index >= 15 is 0 Å². The highest BCUT2D eigenvalue weighted by atomic mass is 16.7. The number of benzene rings is 3. The van der Waals surface area contributed by atoms with Crippen molar-refractivity contribution in [2.45, 2.75) is 25.4 Å². The number of hydrogen-bond donors (Lipinski definition) is 0. The van der Waals surface area contributed by atoms with Crippen LogP contribution in [-0.2, 0) is 0 Å². The van der Waals surface area contributed by atoms with E-state index in [0.717, 1.165) is 33.2 Å². The molecule has 0 fully saturated rings. The SMILES string of the molecule is CCC(C1c2c(ccc(OC)c2OC)-c2ccc3cc4c(cc3c2N1C)OCO4)[N+](=O)[O-]. The number of hydrogen-bond acceptors (Lipinski definition) is 7. The molecule has 0 radical (unpaired) electrons. The molecule has 0 saturated carbocycles. The summed E-state index contributed by atoms with van der Waals surface area (Å²) in [5.74, 6) is 2.46. The van der Waals surface area contributed by atoms with Crippen molar-refractivity contribution >= 4 is 16.5 Å².